The Labute approximate surface area is 125 Å². The van der Waals surface area contributed by atoms with Gasteiger partial charge in [-0.25, -0.2) is 0 Å². The van der Waals surface area contributed by atoms with Crippen LogP contribution in [0.2, 0.25) is 0 Å². The molecule has 1 aliphatic rings. The molecule has 0 aliphatic carbocycles. The van der Waals surface area contributed by atoms with Crippen molar-refractivity contribution < 1.29 is 9.59 Å². The summed E-state index contributed by atoms with van der Waals surface area (Å²) in [6.45, 7) is 3.29. The van der Waals surface area contributed by atoms with Crippen molar-refractivity contribution in [3.63, 3.8) is 0 Å². The van der Waals surface area contributed by atoms with Crippen molar-refractivity contribution in [3.8, 4) is 0 Å². The Kier molecular flexibility index (Phi) is 5.33. The van der Waals surface area contributed by atoms with Crippen LogP contribution in [0.4, 0.5) is 0 Å². The summed E-state index contributed by atoms with van der Waals surface area (Å²) < 4.78 is 0. The summed E-state index contributed by atoms with van der Waals surface area (Å²) in [6, 6.07) is 9.73. The van der Waals surface area contributed by atoms with Crippen LogP contribution in [-0.2, 0) is 9.59 Å². The minimum Gasteiger partial charge on any atom is -0.353 e. The van der Waals surface area contributed by atoms with Gasteiger partial charge in [-0.1, -0.05) is 30.3 Å². The minimum absolute atomic E-state index is 0.0232. The van der Waals surface area contributed by atoms with Crippen LogP contribution in [0, 0.1) is 0 Å². The molecule has 114 valence electrons. The van der Waals surface area contributed by atoms with E-state index in [-0.39, 0.29) is 23.8 Å². The van der Waals surface area contributed by atoms with Crippen molar-refractivity contribution >= 4 is 11.8 Å². The van der Waals surface area contributed by atoms with E-state index in [0.717, 1.165) is 18.4 Å². The predicted molar refractivity (Wildman–Crippen MR) is 81.7 cm³/mol. The number of carbonyl (C=O) groups is 2. The van der Waals surface area contributed by atoms with Gasteiger partial charge in [0.25, 0.3) is 0 Å². The molecule has 1 aromatic rings. The van der Waals surface area contributed by atoms with Gasteiger partial charge in [-0.05, 0) is 18.4 Å². The minimum atomic E-state index is -0.308. The second-order valence-electron chi connectivity index (χ2n) is 5.49. The molecule has 1 atom stereocenters. The fourth-order valence-electron chi connectivity index (χ4n) is 2.72. The van der Waals surface area contributed by atoms with E-state index in [2.05, 4.69) is 5.32 Å². The first kappa shape index (κ1) is 15.5. The van der Waals surface area contributed by atoms with E-state index in [1.165, 1.54) is 0 Å². The second-order valence-corrected chi connectivity index (χ2v) is 5.49. The molecule has 1 heterocycles. The Morgan fingerprint density at radius 3 is 2.43 bits per heavy atom. The number of hydrogen-bond acceptors (Lipinski definition) is 3. The molecule has 3 N–H and O–H groups in total. The molecule has 5 nitrogen and oxygen atoms in total. The second kappa shape index (κ2) is 7.22. The highest BCUT2D eigenvalue weighted by Gasteiger charge is 2.25. The molecule has 21 heavy (non-hydrogen) atoms. The molecular formula is C16H23N3O2. The summed E-state index contributed by atoms with van der Waals surface area (Å²) in [4.78, 5) is 25.5. The summed E-state index contributed by atoms with van der Waals surface area (Å²) in [5.74, 6) is -0.231. The van der Waals surface area contributed by atoms with E-state index in [9.17, 15) is 9.59 Å². The van der Waals surface area contributed by atoms with Crippen molar-refractivity contribution in [2.24, 2.45) is 5.73 Å². The van der Waals surface area contributed by atoms with E-state index >= 15 is 0 Å². The zero-order valence-electron chi connectivity index (χ0n) is 12.4. The molecule has 0 bridgehead atoms. The first-order valence-electron chi connectivity index (χ1n) is 7.42. The molecule has 0 spiro atoms. The number of amides is 2. The highest BCUT2D eigenvalue weighted by Crippen LogP contribution is 2.16. The van der Waals surface area contributed by atoms with Gasteiger partial charge in [0.05, 0.1) is 5.92 Å². The summed E-state index contributed by atoms with van der Waals surface area (Å²) in [7, 11) is 0. The maximum Gasteiger partial charge on any atom is 0.229 e. The SMILES string of the molecule is CC(=O)N1CCC(NC(=O)C(CN)c2ccccc2)CC1. The van der Waals surface area contributed by atoms with E-state index in [0.29, 0.717) is 19.6 Å². The zero-order valence-corrected chi connectivity index (χ0v) is 12.4. The van der Waals surface area contributed by atoms with E-state index in [4.69, 9.17) is 5.73 Å². The maximum absolute atomic E-state index is 12.4. The van der Waals surface area contributed by atoms with Crippen LogP contribution in [0.1, 0.15) is 31.2 Å². The summed E-state index contributed by atoms with van der Waals surface area (Å²) in [5, 5.41) is 3.07. The molecule has 0 aromatic heterocycles. The van der Waals surface area contributed by atoms with Crippen LogP contribution in [0.3, 0.4) is 0 Å². The Balaban J connectivity index is 1.91. The fourth-order valence-corrected chi connectivity index (χ4v) is 2.72. The first-order valence-corrected chi connectivity index (χ1v) is 7.42. The van der Waals surface area contributed by atoms with Gasteiger partial charge in [-0.3, -0.25) is 9.59 Å². The smallest absolute Gasteiger partial charge is 0.229 e. The average Bonchev–Trinajstić information content (AvgIpc) is 2.49. The lowest BCUT2D eigenvalue weighted by molar-refractivity contribution is -0.130. The van der Waals surface area contributed by atoms with Crippen molar-refractivity contribution in [3.05, 3.63) is 35.9 Å². The number of nitrogens with two attached hydrogens (primary N) is 1. The molecular weight excluding hydrogens is 266 g/mol. The first-order chi connectivity index (χ1) is 10.1. The highest BCUT2D eigenvalue weighted by molar-refractivity contribution is 5.84. The number of carbonyl (C=O) groups excluding carboxylic acids is 2. The Hall–Kier alpha value is -1.88. The zero-order chi connectivity index (χ0) is 15.2. The molecule has 1 unspecified atom stereocenters. The number of nitrogens with one attached hydrogen (secondary N) is 1. The molecule has 1 aromatic carbocycles. The van der Waals surface area contributed by atoms with Gasteiger partial charge in [0.2, 0.25) is 11.8 Å². The van der Waals surface area contributed by atoms with Crippen LogP contribution < -0.4 is 11.1 Å². The third kappa shape index (κ3) is 4.04. The number of benzene rings is 1. The van der Waals surface area contributed by atoms with Gasteiger partial charge >= 0.3 is 0 Å². The molecule has 5 heteroatoms. The van der Waals surface area contributed by atoms with Crippen molar-refractivity contribution in [2.75, 3.05) is 19.6 Å². The van der Waals surface area contributed by atoms with Gasteiger partial charge in [-0.2, -0.15) is 0 Å². The fraction of sp³-hybridized carbons (Fsp3) is 0.500. The van der Waals surface area contributed by atoms with Crippen molar-refractivity contribution in [1.29, 1.82) is 0 Å². The molecule has 0 saturated carbocycles. The largest absolute Gasteiger partial charge is 0.353 e. The van der Waals surface area contributed by atoms with Crippen LogP contribution in [-0.4, -0.2) is 42.4 Å². The van der Waals surface area contributed by atoms with Gasteiger partial charge < -0.3 is 16.0 Å². The van der Waals surface area contributed by atoms with Gasteiger partial charge in [-0.15, -0.1) is 0 Å². The lowest BCUT2D eigenvalue weighted by atomic mass is 9.97. The molecule has 2 rings (SSSR count). The summed E-state index contributed by atoms with van der Waals surface area (Å²) >= 11 is 0. The van der Waals surface area contributed by atoms with Crippen molar-refractivity contribution in [1.82, 2.24) is 10.2 Å². The topological polar surface area (TPSA) is 75.4 Å². The van der Waals surface area contributed by atoms with Crippen molar-refractivity contribution in [2.45, 2.75) is 31.7 Å². The third-order valence-corrected chi connectivity index (χ3v) is 4.04. The standard InChI is InChI=1S/C16H23N3O2/c1-12(20)19-9-7-14(8-10-19)18-16(21)15(11-17)13-5-3-2-4-6-13/h2-6,14-15H,7-11,17H2,1H3,(H,18,21). The molecule has 1 fully saturated rings. The van der Waals surface area contributed by atoms with Crippen LogP contribution in [0.25, 0.3) is 0 Å². The molecule has 1 aliphatic heterocycles. The van der Waals surface area contributed by atoms with Crippen LogP contribution in [0.15, 0.2) is 30.3 Å². The Bertz CT molecular complexity index is 482. The van der Waals surface area contributed by atoms with Crippen LogP contribution in [0.5, 0.6) is 0 Å². The van der Waals surface area contributed by atoms with E-state index in [1.54, 1.807) is 6.92 Å². The van der Waals surface area contributed by atoms with Gasteiger partial charge in [0.15, 0.2) is 0 Å². The maximum atomic E-state index is 12.4. The normalized spacial score (nSPS) is 17.3. The predicted octanol–water partition coefficient (Wildman–Crippen LogP) is 0.856. The number of piperidine rings is 1. The van der Waals surface area contributed by atoms with E-state index in [1.807, 2.05) is 35.2 Å². The third-order valence-electron chi connectivity index (χ3n) is 4.04. The molecule has 1 saturated heterocycles. The number of hydrogen-bond donors (Lipinski definition) is 2. The summed E-state index contributed by atoms with van der Waals surface area (Å²) in [6.07, 6.45) is 1.61. The van der Waals surface area contributed by atoms with Crippen LogP contribution >= 0.6 is 0 Å². The lowest BCUT2D eigenvalue weighted by Crippen LogP contribution is -2.47. The lowest BCUT2D eigenvalue weighted by Gasteiger charge is -2.32. The monoisotopic (exact) mass is 289 g/mol. The molecule has 0 radical (unpaired) electrons. The Morgan fingerprint density at radius 2 is 1.90 bits per heavy atom. The molecule has 2 amide bonds. The number of likely N-dealkylation sites (tertiary alicyclic amines) is 1. The number of nitrogens with zero attached hydrogens (tertiary/aromatic N) is 1. The van der Waals surface area contributed by atoms with Gasteiger partial charge in [0.1, 0.15) is 0 Å². The van der Waals surface area contributed by atoms with E-state index < -0.39 is 0 Å². The Morgan fingerprint density at radius 1 is 1.29 bits per heavy atom. The summed E-state index contributed by atoms with van der Waals surface area (Å²) in [5.41, 5.74) is 6.70. The number of rotatable bonds is 4. The quantitative estimate of drug-likeness (QED) is 0.863. The highest BCUT2D eigenvalue weighted by atomic mass is 16.2. The van der Waals surface area contributed by atoms with Gasteiger partial charge in [0, 0.05) is 32.6 Å². The average molecular weight is 289 g/mol.